The van der Waals surface area contributed by atoms with Gasteiger partial charge in [0.05, 0.1) is 5.25 Å². The summed E-state index contributed by atoms with van der Waals surface area (Å²) in [6.45, 7) is 0.351. The summed E-state index contributed by atoms with van der Waals surface area (Å²) >= 11 is 3.51. The predicted octanol–water partition coefficient (Wildman–Crippen LogP) is 1.48. The van der Waals surface area contributed by atoms with E-state index in [1.165, 1.54) is 0 Å². The van der Waals surface area contributed by atoms with Crippen LogP contribution >= 0.6 is 23.5 Å². The van der Waals surface area contributed by atoms with Crippen molar-refractivity contribution in [3.05, 3.63) is 30.1 Å². The number of nitrogens with zero attached hydrogens (tertiary/aromatic N) is 1. The Morgan fingerprint density at radius 1 is 1.59 bits per heavy atom. The Bertz CT molecular complexity index is 356. The number of hydrogen-bond donors (Lipinski definition) is 1. The van der Waals surface area contributed by atoms with E-state index in [0.29, 0.717) is 6.61 Å². The first kappa shape index (κ1) is 12.7. The topological polar surface area (TPSA) is 51.2 Å². The maximum absolute atomic E-state index is 11.7. The summed E-state index contributed by atoms with van der Waals surface area (Å²) in [5.41, 5.74) is 3.44. The molecule has 0 spiro atoms. The van der Waals surface area contributed by atoms with Gasteiger partial charge in [0.15, 0.2) is 0 Å². The van der Waals surface area contributed by atoms with Gasteiger partial charge < -0.3 is 0 Å². The van der Waals surface area contributed by atoms with Crippen LogP contribution in [0.5, 0.6) is 0 Å². The van der Waals surface area contributed by atoms with Crippen molar-refractivity contribution in [2.75, 3.05) is 17.3 Å². The van der Waals surface area contributed by atoms with Crippen molar-refractivity contribution in [1.82, 2.24) is 10.5 Å². The van der Waals surface area contributed by atoms with Gasteiger partial charge >= 0.3 is 0 Å². The Kier molecular flexibility index (Phi) is 5.15. The molecule has 2 rings (SSSR count). The molecule has 1 aromatic heterocycles. The maximum atomic E-state index is 11.7. The molecule has 4 nitrogen and oxygen atoms in total. The summed E-state index contributed by atoms with van der Waals surface area (Å²) in [7, 11) is 0. The molecule has 1 amide bonds. The quantitative estimate of drug-likeness (QED) is 0.840. The average Bonchev–Trinajstić information content (AvgIpc) is 2.41. The Morgan fingerprint density at radius 3 is 3.24 bits per heavy atom. The van der Waals surface area contributed by atoms with Crippen LogP contribution in [0.4, 0.5) is 0 Å². The molecule has 1 saturated heterocycles. The molecule has 1 aliphatic rings. The molecule has 1 unspecified atom stereocenters. The first-order valence-electron chi connectivity index (χ1n) is 5.36. The molecular formula is C11H14N2O2S2. The summed E-state index contributed by atoms with van der Waals surface area (Å²) in [5, 5.41) is 0.0163. The number of thioether (sulfide) groups is 2. The zero-order valence-corrected chi connectivity index (χ0v) is 10.9. The molecule has 1 fully saturated rings. The molecule has 6 heteroatoms. The normalized spacial score (nSPS) is 19.9. The lowest BCUT2D eigenvalue weighted by atomic mass is 10.3. The van der Waals surface area contributed by atoms with Crippen molar-refractivity contribution >= 4 is 29.4 Å². The Hall–Kier alpha value is -0.720. The number of hydrogen-bond acceptors (Lipinski definition) is 5. The van der Waals surface area contributed by atoms with Gasteiger partial charge in [-0.15, -0.1) is 11.8 Å². The second-order valence-corrected chi connectivity index (χ2v) is 6.01. The molecule has 92 valence electrons. The standard InChI is InChI=1S/C11H14N2O2S2/c14-11(10-8-16-4-5-17-10)13-15-7-9-2-1-3-12-6-9/h1-3,6,10H,4-5,7-8H2,(H,13,14). The van der Waals surface area contributed by atoms with Gasteiger partial charge in [0.1, 0.15) is 6.61 Å². The highest BCUT2D eigenvalue weighted by Crippen LogP contribution is 2.23. The van der Waals surface area contributed by atoms with Crippen LogP contribution in [0.25, 0.3) is 0 Å². The van der Waals surface area contributed by atoms with Crippen molar-refractivity contribution < 1.29 is 9.63 Å². The monoisotopic (exact) mass is 270 g/mol. The molecule has 1 N–H and O–H groups in total. The number of amides is 1. The van der Waals surface area contributed by atoms with E-state index in [4.69, 9.17) is 4.84 Å². The first-order chi connectivity index (χ1) is 8.36. The molecule has 0 radical (unpaired) electrons. The summed E-state index contributed by atoms with van der Waals surface area (Å²) < 4.78 is 0. The largest absolute Gasteiger partial charge is 0.271 e. The molecule has 1 aromatic rings. The molecule has 0 aromatic carbocycles. The molecular weight excluding hydrogens is 256 g/mol. The first-order valence-corrected chi connectivity index (χ1v) is 7.56. The molecule has 1 aliphatic heterocycles. The third kappa shape index (κ3) is 4.22. The van der Waals surface area contributed by atoms with Crippen LogP contribution in [0, 0.1) is 0 Å². The summed E-state index contributed by atoms with van der Waals surface area (Å²) in [4.78, 5) is 20.8. The SMILES string of the molecule is O=C(NOCc1cccnc1)C1CSCCS1. The van der Waals surface area contributed by atoms with E-state index >= 15 is 0 Å². The molecule has 0 bridgehead atoms. The van der Waals surface area contributed by atoms with Gasteiger partial charge in [-0.2, -0.15) is 11.8 Å². The smallest absolute Gasteiger partial charge is 0.257 e. The fourth-order valence-corrected chi connectivity index (χ4v) is 3.92. The lowest BCUT2D eigenvalue weighted by Gasteiger charge is -2.19. The van der Waals surface area contributed by atoms with Crippen LogP contribution in [0.1, 0.15) is 5.56 Å². The van der Waals surface area contributed by atoms with Crippen molar-refractivity contribution in [3.63, 3.8) is 0 Å². The number of pyridine rings is 1. The van der Waals surface area contributed by atoms with Crippen LogP contribution in [0.3, 0.4) is 0 Å². The Balaban J connectivity index is 1.69. The van der Waals surface area contributed by atoms with E-state index in [1.54, 1.807) is 24.2 Å². The fourth-order valence-electron chi connectivity index (χ4n) is 1.38. The second kappa shape index (κ2) is 6.88. The number of carbonyl (C=O) groups excluding carboxylic acids is 1. The number of aromatic nitrogens is 1. The fraction of sp³-hybridized carbons (Fsp3) is 0.455. The van der Waals surface area contributed by atoms with Crippen molar-refractivity contribution in [1.29, 1.82) is 0 Å². The highest BCUT2D eigenvalue weighted by Gasteiger charge is 2.22. The second-order valence-electron chi connectivity index (χ2n) is 3.55. The van der Waals surface area contributed by atoms with E-state index in [1.807, 2.05) is 23.9 Å². The highest BCUT2D eigenvalue weighted by molar-refractivity contribution is 8.07. The van der Waals surface area contributed by atoms with E-state index in [9.17, 15) is 4.79 Å². The lowest BCUT2D eigenvalue weighted by molar-refractivity contribution is -0.133. The third-order valence-corrected chi connectivity index (χ3v) is 5.00. The molecule has 2 heterocycles. The summed E-state index contributed by atoms with van der Waals surface area (Å²) in [5.74, 6) is 2.99. The van der Waals surface area contributed by atoms with Gasteiger partial charge in [0.25, 0.3) is 5.91 Å². The maximum Gasteiger partial charge on any atom is 0.257 e. The lowest BCUT2D eigenvalue weighted by Crippen LogP contribution is -2.35. The number of nitrogens with one attached hydrogen (secondary N) is 1. The van der Waals surface area contributed by atoms with Crippen LogP contribution < -0.4 is 5.48 Å². The van der Waals surface area contributed by atoms with Gasteiger partial charge in [0, 0.05) is 29.7 Å². The zero-order valence-electron chi connectivity index (χ0n) is 9.30. The summed E-state index contributed by atoms with van der Waals surface area (Å²) in [6.07, 6.45) is 3.43. The highest BCUT2D eigenvalue weighted by atomic mass is 32.2. The van der Waals surface area contributed by atoms with Crippen LogP contribution in [-0.2, 0) is 16.2 Å². The van der Waals surface area contributed by atoms with Gasteiger partial charge in [-0.25, -0.2) is 5.48 Å². The van der Waals surface area contributed by atoms with Gasteiger partial charge in [-0.3, -0.25) is 14.6 Å². The van der Waals surface area contributed by atoms with Crippen molar-refractivity contribution in [2.45, 2.75) is 11.9 Å². The minimum Gasteiger partial charge on any atom is -0.271 e. The zero-order chi connectivity index (χ0) is 11.9. The minimum atomic E-state index is -0.0360. The van der Waals surface area contributed by atoms with Gasteiger partial charge in [0.2, 0.25) is 0 Å². The Labute approximate surface area is 109 Å². The van der Waals surface area contributed by atoms with E-state index < -0.39 is 0 Å². The number of rotatable bonds is 4. The molecule has 17 heavy (non-hydrogen) atoms. The van der Waals surface area contributed by atoms with Crippen LogP contribution in [0.2, 0.25) is 0 Å². The van der Waals surface area contributed by atoms with Crippen molar-refractivity contribution in [3.8, 4) is 0 Å². The van der Waals surface area contributed by atoms with E-state index in [-0.39, 0.29) is 11.2 Å². The number of hydroxylamine groups is 1. The van der Waals surface area contributed by atoms with Gasteiger partial charge in [-0.1, -0.05) is 6.07 Å². The molecule has 0 saturated carbocycles. The number of carbonyl (C=O) groups is 1. The summed E-state index contributed by atoms with van der Waals surface area (Å²) in [6, 6.07) is 3.75. The van der Waals surface area contributed by atoms with Crippen LogP contribution in [0.15, 0.2) is 24.5 Å². The Morgan fingerprint density at radius 2 is 2.53 bits per heavy atom. The molecule has 1 atom stereocenters. The minimum absolute atomic E-state index is 0.0163. The predicted molar refractivity (Wildman–Crippen MR) is 70.7 cm³/mol. The van der Waals surface area contributed by atoms with Crippen LogP contribution in [-0.4, -0.2) is 33.4 Å². The van der Waals surface area contributed by atoms with E-state index in [0.717, 1.165) is 22.8 Å². The van der Waals surface area contributed by atoms with Gasteiger partial charge in [-0.05, 0) is 11.6 Å². The molecule has 0 aliphatic carbocycles. The third-order valence-electron chi connectivity index (χ3n) is 2.24. The average molecular weight is 270 g/mol. The van der Waals surface area contributed by atoms with Crippen molar-refractivity contribution in [2.24, 2.45) is 0 Å². The van der Waals surface area contributed by atoms with E-state index in [2.05, 4.69) is 10.5 Å².